The van der Waals surface area contributed by atoms with E-state index in [2.05, 4.69) is 4.98 Å². The van der Waals surface area contributed by atoms with E-state index in [9.17, 15) is 4.79 Å². The lowest BCUT2D eigenvalue weighted by molar-refractivity contribution is 0.301. The number of fused-ring (bicyclic) bond motifs is 1. The van der Waals surface area contributed by atoms with Crippen LogP contribution in [-0.2, 0) is 6.61 Å². The number of aromatic nitrogens is 2. The van der Waals surface area contributed by atoms with E-state index >= 15 is 0 Å². The van der Waals surface area contributed by atoms with Crippen molar-refractivity contribution in [2.75, 3.05) is 0 Å². The van der Waals surface area contributed by atoms with Gasteiger partial charge in [0.25, 0.3) is 5.56 Å². The molecule has 102 valence electrons. The molecule has 0 aliphatic heterocycles. The fourth-order valence-electron chi connectivity index (χ4n) is 1.86. The van der Waals surface area contributed by atoms with Crippen LogP contribution in [0.15, 0.2) is 40.5 Å². The lowest BCUT2D eigenvalue weighted by Gasteiger charge is -2.06. The van der Waals surface area contributed by atoms with Crippen LogP contribution >= 0.6 is 22.9 Å². The van der Waals surface area contributed by atoms with Crippen molar-refractivity contribution in [3.63, 3.8) is 0 Å². The number of halogens is 1. The van der Waals surface area contributed by atoms with Gasteiger partial charge in [-0.15, -0.1) is 11.3 Å². The molecular weight excluding hydrogens is 296 g/mol. The van der Waals surface area contributed by atoms with Crippen molar-refractivity contribution in [1.29, 1.82) is 0 Å². The Hall–Kier alpha value is -1.85. The number of ether oxygens (including phenoxy) is 1. The van der Waals surface area contributed by atoms with Crippen molar-refractivity contribution in [3.05, 3.63) is 62.5 Å². The van der Waals surface area contributed by atoms with E-state index in [-0.39, 0.29) is 12.2 Å². The molecule has 0 amide bonds. The second kappa shape index (κ2) is 5.26. The van der Waals surface area contributed by atoms with E-state index in [4.69, 9.17) is 16.3 Å². The molecule has 0 radical (unpaired) electrons. The van der Waals surface area contributed by atoms with Gasteiger partial charge in [0.2, 0.25) is 0 Å². The summed E-state index contributed by atoms with van der Waals surface area (Å²) >= 11 is 7.25. The average Bonchev–Trinajstić information content (AvgIpc) is 2.80. The summed E-state index contributed by atoms with van der Waals surface area (Å²) in [5.41, 5.74) is 1.43. The largest absolute Gasteiger partial charge is 0.487 e. The lowest BCUT2D eigenvalue weighted by atomic mass is 10.3. The van der Waals surface area contributed by atoms with Gasteiger partial charge in [-0.2, -0.15) is 0 Å². The van der Waals surface area contributed by atoms with Gasteiger partial charge in [0.1, 0.15) is 12.4 Å². The maximum atomic E-state index is 12.0. The Kier molecular flexibility index (Phi) is 3.46. The second-order valence-electron chi connectivity index (χ2n) is 4.32. The summed E-state index contributed by atoms with van der Waals surface area (Å²) in [6.07, 6.45) is 0. The zero-order chi connectivity index (χ0) is 14.1. The molecule has 4 nitrogen and oxygen atoms in total. The van der Waals surface area contributed by atoms with Gasteiger partial charge in [0.05, 0.1) is 5.69 Å². The first-order valence-corrected chi connectivity index (χ1v) is 7.24. The Labute approximate surface area is 124 Å². The molecule has 3 aromatic rings. The number of aryl methyl sites for hydroxylation is 1. The predicted molar refractivity (Wildman–Crippen MR) is 79.9 cm³/mol. The van der Waals surface area contributed by atoms with Gasteiger partial charge < -0.3 is 4.74 Å². The monoisotopic (exact) mass is 306 g/mol. The third-order valence-corrected chi connectivity index (χ3v) is 4.02. The smallest absolute Gasteiger partial charge is 0.259 e. The molecule has 0 saturated carbocycles. The highest BCUT2D eigenvalue weighted by atomic mass is 35.5. The van der Waals surface area contributed by atoms with E-state index in [1.165, 1.54) is 17.4 Å². The van der Waals surface area contributed by atoms with Gasteiger partial charge >= 0.3 is 0 Å². The molecule has 20 heavy (non-hydrogen) atoms. The van der Waals surface area contributed by atoms with Gasteiger partial charge in [-0.1, -0.05) is 11.6 Å². The van der Waals surface area contributed by atoms with E-state index in [1.54, 1.807) is 28.7 Å². The van der Waals surface area contributed by atoms with Crippen LogP contribution in [0.2, 0.25) is 5.02 Å². The summed E-state index contributed by atoms with van der Waals surface area (Å²) in [7, 11) is 0. The highest BCUT2D eigenvalue weighted by Gasteiger charge is 2.06. The molecule has 0 N–H and O–H groups in total. The molecule has 1 aromatic carbocycles. The SMILES string of the molecule is Cc1csc2nc(COc3ccc(Cl)cc3)cc(=O)n12. The van der Waals surface area contributed by atoms with Crippen molar-refractivity contribution < 1.29 is 4.74 Å². The standard InChI is InChI=1S/C14H11ClN2O2S/c1-9-8-20-14-16-11(6-13(18)17(9)14)7-19-12-4-2-10(15)3-5-12/h2-6,8H,7H2,1H3. The molecule has 2 aromatic heterocycles. The van der Waals surface area contributed by atoms with Crippen LogP contribution in [-0.4, -0.2) is 9.38 Å². The van der Waals surface area contributed by atoms with Crippen LogP contribution in [0.1, 0.15) is 11.4 Å². The van der Waals surface area contributed by atoms with Crippen LogP contribution in [0.25, 0.3) is 4.96 Å². The van der Waals surface area contributed by atoms with Crippen molar-refractivity contribution in [2.24, 2.45) is 0 Å². The third kappa shape index (κ3) is 2.55. The molecular formula is C14H11ClN2O2S. The van der Waals surface area contributed by atoms with Crippen LogP contribution < -0.4 is 10.3 Å². The van der Waals surface area contributed by atoms with Crippen LogP contribution in [0.5, 0.6) is 5.75 Å². The minimum Gasteiger partial charge on any atom is -0.487 e. The Morgan fingerprint density at radius 2 is 2.10 bits per heavy atom. The predicted octanol–water partition coefficient (Wildman–Crippen LogP) is 3.30. The molecule has 3 rings (SSSR count). The normalized spacial score (nSPS) is 10.9. The lowest BCUT2D eigenvalue weighted by Crippen LogP contribution is -2.15. The van der Waals surface area contributed by atoms with Crippen molar-refractivity contribution in [2.45, 2.75) is 13.5 Å². The van der Waals surface area contributed by atoms with Gasteiger partial charge in [0.15, 0.2) is 4.96 Å². The molecule has 0 saturated heterocycles. The highest BCUT2D eigenvalue weighted by Crippen LogP contribution is 2.17. The molecule has 0 aliphatic rings. The quantitative estimate of drug-likeness (QED) is 0.746. The Morgan fingerprint density at radius 1 is 1.35 bits per heavy atom. The van der Waals surface area contributed by atoms with Gasteiger partial charge in [-0.25, -0.2) is 4.98 Å². The number of rotatable bonds is 3. The zero-order valence-corrected chi connectivity index (χ0v) is 12.2. The number of hydrogen-bond donors (Lipinski definition) is 0. The van der Waals surface area contributed by atoms with E-state index in [0.29, 0.717) is 21.4 Å². The van der Waals surface area contributed by atoms with Crippen molar-refractivity contribution in [3.8, 4) is 5.75 Å². The van der Waals surface area contributed by atoms with Gasteiger partial charge in [0, 0.05) is 22.2 Å². The zero-order valence-electron chi connectivity index (χ0n) is 10.7. The third-order valence-electron chi connectivity index (χ3n) is 2.83. The molecule has 0 atom stereocenters. The Morgan fingerprint density at radius 3 is 2.85 bits per heavy atom. The molecule has 0 bridgehead atoms. The first kappa shape index (κ1) is 13.1. The van der Waals surface area contributed by atoms with E-state index in [1.807, 2.05) is 12.3 Å². The fourth-order valence-corrected chi connectivity index (χ4v) is 2.88. The minimum atomic E-state index is -0.0801. The molecule has 6 heteroatoms. The summed E-state index contributed by atoms with van der Waals surface area (Å²) in [6, 6.07) is 8.57. The first-order valence-electron chi connectivity index (χ1n) is 5.98. The molecule has 0 spiro atoms. The topological polar surface area (TPSA) is 43.6 Å². The number of nitrogens with zero attached hydrogens (tertiary/aromatic N) is 2. The second-order valence-corrected chi connectivity index (χ2v) is 5.60. The van der Waals surface area contributed by atoms with E-state index < -0.39 is 0 Å². The first-order chi connectivity index (χ1) is 9.63. The molecule has 0 fully saturated rings. The van der Waals surface area contributed by atoms with Crippen molar-refractivity contribution in [1.82, 2.24) is 9.38 Å². The summed E-state index contributed by atoms with van der Waals surface area (Å²) in [4.78, 5) is 17.1. The summed E-state index contributed by atoms with van der Waals surface area (Å²) in [5.74, 6) is 0.693. The van der Waals surface area contributed by atoms with Crippen molar-refractivity contribution >= 4 is 27.9 Å². The Balaban J connectivity index is 1.84. The summed E-state index contributed by atoms with van der Waals surface area (Å²) in [6.45, 7) is 2.14. The fraction of sp³-hybridized carbons (Fsp3) is 0.143. The number of hydrogen-bond acceptors (Lipinski definition) is 4. The molecule has 2 heterocycles. The van der Waals surface area contributed by atoms with E-state index in [0.717, 1.165) is 5.69 Å². The summed E-state index contributed by atoms with van der Waals surface area (Å²) < 4.78 is 7.19. The number of benzene rings is 1. The van der Waals surface area contributed by atoms with Gasteiger partial charge in [-0.05, 0) is 31.2 Å². The maximum Gasteiger partial charge on any atom is 0.259 e. The van der Waals surface area contributed by atoms with Crippen LogP contribution in [0.4, 0.5) is 0 Å². The molecule has 0 unspecified atom stereocenters. The average molecular weight is 307 g/mol. The van der Waals surface area contributed by atoms with Crippen LogP contribution in [0.3, 0.4) is 0 Å². The summed E-state index contributed by atoms with van der Waals surface area (Å²) in [5, 5.41) is 2.57. The number of thiazole rings is 1. The minimum absolute atomic E-state index is 0.0801. The highest BCUT2D eigenvalue weighted by molar-refractivity contribution is 7.15. The maximum absolute atomic E-state index is 12.0. The van der Waals surface area contributed by atoms with Gasteiger partial charge in [-0.3, -0.25) is 9.20 Å². The van der Waals surface area contributed by atoms with Crippen LogP contribution in [0, 0.1) is 6.92 Å². The molecule has 0 aliphatic carbocycles. The Bertz CT molecular complexity index is 808.